The fourth-order valence-electron chi connectivity index (χ4n) is 5.09. The summed E-state index contributed by atoms with van der Waals surface area (Å²) in [4.78, 5) is 30.4. The number of nitrogens with zero attached hydrogens (tertiary/aromatic N) is 2. The summed E-state index contributed by atoms with van der Waals surface area (Å²) < 4.78 is 6.04. The lowest BCUT2D eigenvalue weighted by Crippen LogP contribution is -2.36. The van der Waals surface area contributed by atoms with E-state index in [0.29, 0.717) is 24.4 Å². The van der Waals surface area contributed by atoms with Gasteiger partial charge in [0.15, 0.2) is 11.5 Å². The van der Waals surface area contributed by atoms with Crippen LogP contribution in [0.2, 0.25) is 0 Å². The first-order chi connectivity index (χ1) is 20.5. The number of benzene rings is 4. The Bertz CT molecular complexity index is 1550. The molecular weight excluding hydrogens is 522 g/mol. The van der Waals surface area contributed by atoms with E-state index in [1.54, 1.807) is 23.1 Å². The van der Waals surface area contributed by atoms with Gasteiger partial charge in [0.25, 0.3) is 11.8 Å². The van der Waals surface area contributed by atoms with Crippen LogP contribution >= 0.6 is 0 Å². The van der Waals surface area contributed by atoms with Crippen LogP contribution in [-0.2, 0) is 17.9 Å². The van der Waals surface area contributed by atoms with E-state index in [0.717, 1.165) is 48.4 Å². The number of fused-ring (bicyclic) bond motifs is 1. The zero-order valence-electron chi connectivity index (χ0n) is 24.3. The molecule has 6 heteroatoms. The third kappa shape index (κ3) is 7.33. The maximum absolute atomic E-state index is 13.5. The minimum absolute atomic E-state index is 0.108. The number of aryl methyl sites for hydroxylation is 1. The number of hydrogen-bond donors (Lipinski definition) is 1. The van der Waals surface area contributed by atoms with Gasteiger partial charge in [0.2, 0.25) is 0 Å². The van der Waals surface area contributed by atoms with Crippen LogP contribution in [0, 0.1) is 6.92 Å². The summed E-state index contributed by atoms with van der Waals surface area (Å²) in [5, 5.41) is 3.03. The van der Waals surface area contributed by atoms with Crippen molar-refractivity contribution >= 4 is 23.6 Å². The Kier molecular flexibility index (Phi) is 9.47. The van der Waals surface area contributed by atoms with E-state index >= 15 is 0 Å². The molecule has 0 aliphatic carbocycles. The Balaban J connectivity index is 1.19. The minimum Gasteiger partial charge on any atom is -0.449 e. The second-order valence-corrected chi connectivity index (χ2v) is 10.5. The highest BCUT2D eigenvalue weighted by Gasteiger charge is 2.30. The van der Waals surface area contributed by atoms with Crippen molar-refractivity contribution in [1.82, 2.24) is 10.2 Å². The zero-order valence-corrected chi connectivity index (χ0v) is 24.3. The normalized spacial score (nSPS) is 13.6. The molecule has 0 atom stereocenters. The largest absolute Gasteiger partial charge is 0.449 e. The molecule has 6 nitrogen and oxygen atoms in total. The molecule has 0 spiro atoms. The Morgan fingerprint density at radius 2 is 1.64 bits per heavy atom. The van der Waals surface area contributed by atoms with Gasteiger partial charge in [-0.3, -0.25) is 19.4 Å². The van der Waals surface area contributed by atoms with Gasteiger partial charge in [0.1, 0.15) is 0 Å². The summed E-state index contributed by atoms with van der Waals surface area (Å²) in [6.07, 6.45) is 2.60. The topological polar surface area (TPSA) is 61.9 Å². The van der Waals surface area contributed by atoms with Crippen molar-refractivity contribution < 1.29 is 14.3 Å². The molecule has 0 fully saturated rings. The smallest absolute Gasteiger partial charge is 0.294 e. The molecule has 42 heavy (non-hydrogen) atoms. The molecular formula is C36H37N3O3. The Morgan fingerprint density at radius 1 is 0.905 bits per heavy atom. The van der Waals surface area contributed by atoms with Gasteiger partial charge in [-0.05, 0) is 66.9 Å². The predicted octanol–water partition coefficient (Wildman–Crippen LogP) is 6.60. The van der Waals surface area contributed by atoms with Crippen molar-refractivity contribution in [3.05, 3.63) is 137 Å². The lowest BCUT2D eigenvalue weighted by Gasteiger charge is -2.30. The van der Waals surface area contributed by atoms with E-state index in [1.165, 1.54) is 5.56 Å². The SMILES string of the molecule is CCN(CCCNC(=O)c1ccc(/C=C2/Oc3ccccc3N(Cc3cccc(C)c3)C2=O)cc1)Cc1ccccc1. The average Bonchev–Trinajstić information content (AvgIpc) is 3.01. The molecule has 1 aliphatic heterocycles. The minimum atomic E-state index is -0.203. The molecule has 214 valence electrons. The van der Waals surface area contributed by atoms with Crippen molar-refractivity contribution in [3.63, 3.8) is 0 Å². The Hall–Kier alpha value is -4.68. The predicted molar refractivity (Wildman–Crippen MR) is 168 cm³/mol. The number of anilines is 1. The van der Waals surface area contributed by atoms with E-state index in [-0.39, 0.29) is 17.6 Å². The summed E-state index contributed by atoms with van der Waals surface area (Å²) >= 11 is 0. The number of para-hydroxylation sites is 2. The van der Waals surface area contributed by atoms with Crippen molar-refractivity contribution in [2.75, 3.05) is 24.5 Å². The van der Waals surface area contributed by atoms with Crippen LogP contribution in [0.1, 0.15) is 46.0 Å². The summed E-state index contributed by atoms with van der Waals surface area (Å²) in [5.41, 5.74) is 5.60. The van der Waals surface area contributed by atoms with Gasteiger partial charge in [-0.25, -0.2) is 0 Å². The zero-order chi connectivity index (χ0) is 29.3. The van der Waals surface area contributed by atoms with Crippen LogP contribution in [-0.4, -0.2) is 36.3 Å². The molecule has 1 N–H and O–H groups in total. The number of carbonyl (C=O) groups excluding carboxylic acids is 2. The number of carbonyl (C=O) groups is 2. The Labute approximate surface area is 248 Å². The summed E-state index contributed by atoms with van der Waals surface area (Å²) in [6, 6.07) is 33.4. The second kappa shape index (κ2) is 13.8. The van der Waals surface area contributed by atoms with Gasteiger partial charge in [-0.1, -0.05) is 91.3 Å². The monoisotopic (exact) mass is 559 g/mol. The quantitative estimate of drug-likeness (QED) is 0.166. The van der Waals surface area contributed by atoms with Gasteiger partial charge in [-0.2, -0.15) is 0 Å². The van der Waals surface area contributed by atoms with E-state index < -0.39 is 0 Å². The average molecular weight is 560 g/mol. The van der Waals surface area contributed by atoms with Crippen LogP contribution in [0.25, 0.3) is 6.08 Å². The van der Waals surface area contributed by atoms with E-state index in [2.05, 4.69) is 47.5 Å². The molecule has 0 saturated carbocycles. The first-order valence-corrected chi connectivity index (χ1v) is 14.5. The summed E-state index contributed by atoms with van der Waals surface area (Å²) in [6.45, 7) is 8.03. The van der Waals surface area contributed by atoms with Crippen molar-refractivity contribution in [2.24, 2.45) is 0 Å². The molecule has 0 radical (unpaired) electrons. The molecule has 0 aromatic heterocycles. The number of hydrogen-bond acceptors (Lipinski definition) is 4. The standard InChI is InChI=1S/C36H37N3O3/c1-3-38(25-29-12-5-4-6-13-29)22-10-21-37-35(40)31-19-17-28(18-20-31)24-34-36(41)39(26-30-14-9-11-27(2)23-30)32-15-7-8-16-33(32)42-34/h4-9,11-20,23-24H,3,10,21-22,25-26H2,1-2H3,(H,37,40)/b34-24+. The van der Waals surface area contributed by atoms with Crippen LogP contribution in [0.3, 0.4) is 0 Å². The molecule has 4 aromatic carbocycles. The van der Waals surface area contributed by atoms with E-state index in [1.807, 2.05) is 67.6 Å². The van der Waals surface area contributed by atoms with E-state index in [4.69, 9.17) is 4.74 Å². The fraction of sp³-hybridized carbons (Fsp3) is 0.222. The van der Waals surface area contributed by atoms with Gasteiger partial charge in [0.05, 0.1) is 12.2 Å². The molecule has 0 saturated heterocycles. The van der Waals surface area contributed by atoms with E-state index in [9.17, 15) is 9.59 Å². The van der Waals surface area contributed by atoms with Crippen molar-refractivity contribution in [3.8, 4) is 5.75 Å². The highest BCUT2D eigenvalue weighted by molar-refractivity contribution is 6.09. The third-order valence-electron chi connectivity index (χ3n) is 7.36. The van der Waals surface area contributed by atoms with Gasteiger partial charge < -0.3 is 10.1 Å². The van der Waals surface area contributed by atoms with Gasteiger partial charge >= 0.3 is 0 Å². The lowest BCUT2D eigenvalue weighted by atomic mass is 10.1. The number of rotatable bonds is 11. The highest BCUT2D eigenvalue weighted by Crippen LogP contribution is 2.36. The molecule has 1 aliphatic rings. The number of amides is 2. The van der Waals surface area contributed by atoms with Crippen LogP contribution in [0.5, 0.6) is 5.75 Å². The lowest BCUT2D eigenvalue weighted by molar-refractivity contribution is -0.117. The number of ether oxygens (including phenoxy) is 1. The molecule has 0 unspecified atom stereocenters. The fourth-order valence-corrected chi connectivity index (χ4v) is 5.09. The second-order valence-electron chi connectivity index (χ2n) is 10.5. The summed E-state index contributed by atoms with van der Waals surface area (Å²) in [7, 11) is 0. The summed E-state index contributed by atoms with van der Waals surface area (Å²) in [5.74, 6) is 0.570. The molecule has 1 heterocycles. The molecule has 0 bridgehead atoms. The van der Waals surface area contributed by atoms with Crippen molar-refractivity contribution in [2.45, 2.75) is 33.4 Å². The van der Waals surface area contributed by atoms with Gasteiger partial charge in [0, 0.05) is 25.2 Å². The maximum Gasteiger partial charge on any atom is 0.294 e. The molecule has 5 rings (SSSR count). The van der Waals surface area contributed by atoms with Crippen molar-refractivity contribution in [1.29, 1.82) is 0 Å². The molecule has 4 aromatic rings. The highest BCUT2D eigenvalue weighted by atomic mass is 16.5. The maximum atomic E-state index is 13.5. The van der Waals surface area contributed by atoms with Crippen LogP contribution in [0.15, 0.2) is 109 Å². The Morgan fingerprint density at radius 3 is 2.40 bits per heavy atom. The van der Waals surface area contributed by atoms with Crippen LogP contribution in [0.4, 0.5) is 5.69 Å². The van der Waals surface area contributed by atoms with Crippen LogP contribution < -0.4 is 15.0 Å². The third-order valence-corrected chi connectivity index (χ3v) is 7.36. The molecule has 2 amide bonds. The first kappa shape index (κ1) is 28.8. The first-order valence-electron chi connectivity index (χ1n) is 14.5. The van der Waals surface area contributed by atoms with Gasteiger partial charge in [-0.15, -0.1) is 0 Å². The number of nitrogens with one attached hydrogen (secondary N) is 1.